The van der Waals surface area contributed by atoms with Gasteiger partial charge in [-0.25, -0.2) is 4.45 Å². The number of rotatable bonds is 4. The van der Waals surface area contributed by atoms with Crippen LogP contribution < -0.4 is 4.74 Å². The van der Waals surface area contributed by atoms with Crippen LogP contribution in [-0.2, 0) is 0 Å². The molecule has 0 saturated carbocycles. The van der Waals surface area contributed by atoms with Crippen LogP contribution in [0.5, 0.6) is 5.75 Å². The van der Waals surface area contributed by atoms with Crippen LogP contribution in [-0.4, -0.2) is 14.5 Å². The van der Waals surface area contributed by atoms with E-state index in [1.807, 2.05) is 29.6 Å². The summed E-state index contributed by atoms with van der Waals surface area (Å²) in [5.74, 6) is 0.753. The van der Waals surface area contributed by atoms with Crippen molar-refractivity contribution in [3.63, 3.8) is 0 Å². The third kappa shape index (κ3) is 3.71. The quantitative estimate of drug-likeness (QED) is 0.265. The first-order valence-electron chi connectivity index (χ1n) is 6.51. The second-order valence-electron chi connectivity index (χ2n) is 4.74. The number of ether oxygens (including phenoxy) is 1. The molecule has 4 nitrogen and oxygen atoms in total. The summed E-state index contributed by atoms with van der Waals surface area (Å²) in [4.78, 5) is 3.97. The lowest BCUT2D eigenvalue weighted by atomic mass is 10.1. The molecule has 2 aromatic heterocycles. The van der Waals surface area contributed by atoms with Crippen LogP contribution in [0.3, 0.4) is 0 Å². The van der Waals surface area contributed by atoms with Crippen molar-refractivity contribution in [2.45, 2.75) is 13.0 Å². The van der Waals surface area contributed by atoms with Gasteiger partial charge in [0.2, 0.25) is 0 Å². The fourth-order valence-corrected chi connectivity index (χ4v) is 5.32. The lowest BCUT2D eigenvalue weighted by Crippen LogP contribution is -2.05. The van der Waals surface area contributed by atoms with Crippen LogP contribution in [0.2, 0.25) is 10.0 Å². The van der Waals surface area contributed by atoms with Gasteiger partial charge in [-0.1, -0.05) is 23.2 Å². The summed E-state index contributed by atoms with van der Waals surface area (Å²) in [7, 11) is 0. The summed E-state index contributed by atoms with van der Waals surface area (Å²) < 4.78 is 8.98. The van der Waals surface area contributed by atoms with Crippen molar-refractivity contribution in [2.24, 2.45) is 0 Å². The Hall–Kier alpha value is 0.110. The highest BCUT2D eigenvalue weighted by Gasteiger charge is 2.17. The minimum absolute atomic E-state index is 0.283. The van der Waals surface area contributed by atoms with Gasteiger partial charge in [0.1, 0.15) is 15.6 Å². The highest BCUT2D eigenvalue weighted by atomic mass is 127. The molecule has 3 aromatic rings. The molecule has 0 spiro atoms. The average Bonchev–Trinajstić information content (AvgIpc) is 2.83. The van der Waals surface area contributed by atoms with Crippen LogP contribution in [0.15, 0.2) is 30.6 Å². The van der Waals surface area contributed by atoms with E-state index in [0.717, 1.165) is 25.9 Å². The van der Waals surface area contributed by atoms with E-state index in [4.69, 9.17) is 27.9 Å². The molecule has 23 heavy (non-hydrogen) atoms. The lowest BCUT2D eigenvalue weighted by molar-refractivity contribution is 0.227. The van der Waals surface area contributed by atoms with E-state index in [1.165, 1.54) is 0 Å². The maximum absolute atomic E-state index is 6.19. The van der Waals surface area contributed by atoms with Gasteiger partial charge in [-0.2, -0.15) is 5.10 Å². The molecule has 3 rings (SSSR count). The van der Waals surface area contributed by atoms with Crippen molar-refractivity contribution in [1.82, 2.24) is 14.5 Å². The summed E-state index contributed by atoms with van der Waals surface area (Å²) >= 11 is 16.9. The van der Waals surface area contributed by atoms with E-state index < -0.39 is 0 Å². The van der Waals surface area contributed by atoms with Crippen molar-refractivity contribution in [2.75, 3.05) is 0 Å². The zero-order valence-electron chi connectivity index (χ0n) is 11.7. The summed E-state index contributed by atoms with van der Waals surface area (Å²) in [6.07, 6.45) is 3.42. The minimum Gasteiger partial charge on any atom is -0.486 e. The summed E-state index contributed by atoms with van der Waals surface area (Å²) in [5, 5.41) is 6.59. The SMILES string of the molecule is CC(Oc1ccc2c(c1)c(I)nn2PI)c1c(Cl)cncc1Cl. The normalized spacial score (nSPS) is 13.1. The van der Waals surface area contributed by atoms with Gasteiger partial charge >= 0.3 is 0 Å². The Balaban J connectivity index is 1.94. The van der Waals surface area contributed by atoms with E-state index in [2.05, 4.69) is 54.7 Å². The van der Waals surface area contributed by atoms with E-state index >= 15 is 0 Å². The van der Waals surface area contributed by atoms with Crippen molar-refractivity contribution in [1.29, 1.82) is 0 Å². The van der Waals surface area contributed by atoms with E-state index in [-0.39, 0.29) is 6.10 Å². The number of aromatic nitrogens is 3. The lowest BCUT2D eigenvalue weighted by Gasteiger charge is -2.17. The summed E-state index contributed by atoms with van der Waals surface area (Å²) in [6.45, 7) is 1.91. The van der Waals surface area contributed by atoms with Crippen molar-refractivity contribution < 1.29 is 4.74 Å². The minimum atomic E-state index is -0.283. The molecular weight excluding hydrogens is 582 g/mol. The van der Waals surface area contributed by atoms with Gasteiger partial charge in [-0.3, -0.25) is 4.98 Å². The molecule has 0 aliphatic heterocycles. The molecule has 9 heteroatoms. The van der Waals surface area contributed by atoms with Crippen molar-refractivity contribution >= 4 is 85.1 Å². The molecule has 0 saturated heterocycles. The predicted molar refractivity (Wildman–Crippen MR) is 113 cm³/mol. The zero-order chi connectivity index (χ0) is 16.6. The van der Waals surface area contributed by atoms with Crippen molar-refractivity contribution in [3.8, 4) is 5.75 Å². The van der Waals surface area contributed by atoms with Gasteiger partial charge in [0.15, 0.2) is 0 Å². The molecule has 0 bridgehead atoms. The van der Waals surface area contributed by atoms with Crippen LogP contribution in [0.4, 0.5) is 0 Å². The third-order valence-electron chi connectivity index (χ3n) is 3.30. The van der Waals surface area contributed by atoms with Crippen LogP contribution in [0.1, 0.15) is 18.6 Å². The molecule has 1 aromatic carbocycles. The Morgan fingerprint density at radius 3 is 2.61 bits per heavy atom. The van der Waals surface area contributed by atoms with Gasteiger partial charge in [-0.15, -0.1) is 0 Å². The highest BCUT2D eigenvalue weighted by molar-refractivity contribution is 14.2. The first kappa shape index (κ1) is 17.9. The molecular formula is C14H10Cl2I2N3OP. The molecule has 2 atom stereocenters. The third-order valence-corrected chi connectivity index (χ3v) is 6.57. The Kier molecular flexibility index (Phi) is 5.89. The van der Waals surface area contributed by atoms with Gasteiger partial charge in [0.05, 0.1) is 21.9 Å². The van der Waals surface area contributed by atoms with Gasteiger partial charge in [-0.05, 0) is 69.8 Å². The molecule has 0 fully saturated rings. The topological polar surface area (TPSA) is 39.9 Å². The predicted octanol–water partition coefficient (Wildman–Crippen LogP) is 6.27. The molecule has 2 heterocycles. The maximum Gasteiger partial charge on any atom is 0.131 e. The first-order valence-corrected chi connectivity index (χ1v) is 12.4. The van der Waals surface area contributed by atoms with Crippen LogP contribution in [0.25, 0.3) is 10.9 Å². The standard InChI is InChI=1S/C14H10Cl2I2N3OP/c1-7(13-10(15)5-19-6-11(13)16)22-8-2-3-12-9(4-8)14(17)20-21(12)23-18/h2-7,23H,1H3. The smallest absolute Gasteiger partial charge is 0.131 e. The maximum atomic E-state index is 6.19. The molecule has 2 unspecified atom stereocenters. The summed E-state index contributed by atoms with van der Waals surface area (Å²) in [6, 6.07) is 5.96. The largest absolute Gasteiger partial charge is 0.486 e. The number of benzene rings is 1. The number of fused-ring (bicyclic) bond motifs is 1. The van der Waals surface area contributed by atoms with Crippen LogP contribution >= 0.6 is 74.2 Å². The van der Waals surface area contributed by atoms with Gasteiger partial charge < -0.3 is 4.74 Å². The van der Waals surface area contributed by atoms with Gasteiger partial charge in [0, 0.05) is 23.3 Å². The summed E-state index contributed by atoms with van der Waals surface area (Å²) in [5.41, 5.74) is 1.84. The van der Waals surface area contributed by atoms with Crippen molar-refractivity contribution in [3.05, 3.63) is 49.9 Å². The zero-order valence-corrected chi connectivity index (χ0v) is 18.6. The average molecular weight is 592 g/mol. The van der Waals surface area contributed by atoms with E-state index in [1.54, 1.807) is 12.4 Å². The molecule has 0 aliphatic rings. The second kappa shape index (κ2) is 7.56. The number of pyridine rings is 1. The Morgan fingerprint density at radius 2 is 1.96 bits per heavy atom. The fourth-order valence-electron chi connectivity index (χ4n) is 2.27. The number of hydrogen-bond acceptors (Lipinski definition) is 3. The molecule has 0 amide bonds. The van der Waals surface area contributed by atoms with E-state index in [9.17, 15) is 0 Å². The molecule has 0 aliphatic carbocycles. The number of halogens is 4. The Bertz CT molecular complexity index is 854. The Labute approximate surface area is 171 Å². The fraction of sp³-hybridized carbons (Fsp3) is 0.143. The Morgan fingerprint density at radius 1 is 1.26 bits per heavy atom. The number of hydrogen-bond donors (Lipinski definition) is 0. The van der Waals surface area contributed by atoms with E-state index in [0.29, 0.717) is 16.4 Å². The molecule has 0 N–H and O–H groups in total. The molecule has 0 radical (unpaired) electrons. The monoisotopic (exact) mass is 591 g/mol. The van der Waals surface area contributed by atoms with Crippen LogP contribution in [0, 0.1) is 3.70 Å². The molecule has 120 valence electrons. The number of nitrogens with zero attached hydrogens (tertiary/aromatic N) is 3. The van der Waals surface area contributed by atoms with Gasteiger partial charge in [0.25, 0.3) is 0 Å². The second-order valence-corrected chi connectivity index (χ2v) is 8.62. The highest BCUT2D eigenvalue weighted by Crippen LogP contribution is 2.35. The first-order chi connectivity index (χ1) is 11.0.